The Morgan fingerprint density at radius 3 is 2.14 bits per heavy atom. The van der Waals surface area contributed by atoms with Gasteiger partial charge in [0.2, 0.25) is 0 Å². The van der Waals surface area contributed by atoms with Crippen LogP contribution in [0.2, 0.25) is 0 Å². The lowest BCUT2D eigenvalue weighted by Crippen LogP contribution is -2.20. The maximum atomic E-state index is 8.53. The predicted molar refractivity (Wildman–Crippen MR) is 50.9 cm³/mol. The van der Waals surface area contributed by atoms with E-state index < -0.39 is 7.32 Å². The van der Waals surface area contributed by atoms with Crippen LogP contribution in [-0.2, 0) is 0 Å². The van der Waals surface area contributed by atoms with Crippen LogP contribution in [0, 0.1) is 0 Å². The van der Waals surface area contributed by atoms with E-state index in [2.05, 4.69) is 4.65 Å². The van der Waals surface area contributed by atoms with Crippen molar-refractivity contribution in [2.75, 3.05) is 0 Å². The summed E-state index contributed by atoms with van der Waals surface area (Å²) in [6.07, 6.45) is 2.60. The lowest BCUT2D eigenvalue weighted by atomic mass is 10.2. The van der Waals surface area contributed by atoms with Gasteiger partial charge in [0.05, 0.1) is 6.10 Å². The number of benzene rings is 1. The summed E-state index contributed by atoms with van der Waals surface area (Å²) in [4.78, 5) is 0. The molecule has 1 aliphatic carbocycles. The number of hydrogen-bond donors (Lipinski definition) is 2. The largest absolute Gasteiger partial charge is 0.707 e. The van der Waals surface area contributed by atoms with Crippen LogP contribution in [0.1, 0.15) is 12.8 Å². The van der Waals surface area contributed by atoms with Gasteiger partial charge >= 0.3 is 7.32 Å². The molecule has 1 fully saturated rings. The average Bonchev–Trinajstić information content (AvgIpc) is 2.91. The van der Waals surface area contributed by atoms with Crippen LogP contribution < -0.4 is 9.39 Å². The first-order valence-corrected chi connectivity index (χ1v) is 4.53. The summed E-state index contributed by atoms with van der Waals surface area (Å²) < 4.78 is 10.2. The third kappa shape index (κ3) is 2.65. The number of ether oxygens (including phenoxy) is 1. The molecule has 0 spiro atoms. The van der Waals surface area contributed by atoms with E-state index in [1.54, 1.807) is 24.3 Å². The Hall–Kier alpha value is -1.20. The van der Waals surface area contributed by atoms with Crippen LogP contribution in [0.5, 0.6) is 11.5 Å². The van der Waals surface area contributed by atoms with Crippen molar-refractivity contribution in [2.24, 2.45) is 0 Å². The molecule has 1 saturated carbocycles. The van der Waals surface area contributed by atoms with Crippen molar-refractivity contribution in [3.8, 4) is 11.5 Å². The van der Waals surface area contributed by atoms with E-state index in [4.69, 9.17) is 14.8 Å². The van der Waals surface area contributed by atoms with E-state index in [9.17, 15) is 0 Å². The molecule has 1 aromatic carbocycles. The maximum absolute atomic E-state index is 8.53. The highest BCUT2D eigenvalue weighted by atomic mass is 16.6. The molecule has 5 heteroatoms. The molecule has 0 heterocycles. The summed E-state index contributed by atoms with van der Waals surface area (Å²) in [5.41, 5.74) is 0. The lowest BCUT2D eigenvalue weighted by molar-refractivity contribution is 0.286. The monoisotopic (exact) mass is 194 g/mol. The highest BCUT2D eigenvalue weighted by Crippen LogP contribution is 2.27. The molecule has 2 rings (SSSR count). The molecule has 0 amide bonds. The first kappa shape index (κ1) is 9.36. The highest BCUT2D eigenvalue weighted by Gasteiger charge is 2.23. The fraction of sp³-hybridized carbons (Fsp3) is 0.333. The van der Waals surface area contributed by atoms with Crippen molar-refractivity contribution in [1.82, 2.24) is 0 Å². The molecule has 4 nitrogen and oxygen atoms in total. The first-order chi connectivity index (χ1) is 6.74. The molecule has 1 aromatic rings. The van der Waals surface area contributed by atoms with E-state index >= 15 is 0 Å². The van der Waals surface area contributed by atoms with Crippen LogP contribution in [0.15, 0.2) is 24.3 Å². The lowest BCUT2D eigenvalue weighted by Gasteiger charge is -2.06. The van der Waals surface area contributed by atoms with E-state index in [-0.39, 0.29) is 0 Å². The van der Waals surface area contributed by atoms with Crippen molar-refractivity contribution in [3.05, 3.63) is 24.3 Å². The molecule has 0 bridgehead atoms. The molecule has 0 radical (unpaired) electrons. The molecule has 2 N–H and O–H groups in total. The van der Waals surface area contributed by atoms with Crippen LogP contribution in [0.25, 0.3) is 0 Å². The second kappa shape index (κ2) is 3.90. The van der Waals surface area contributed by atoms with E-state index in [0.29, 0.717) is 11.9 Å². The smallest absolute Gasteiger partial charge is 0.512 e. The van der Waals surface area contributed by atoms with Gasteiger partial charge in [-0.15, -0.1) is 0 Å². The van der Waals surface area contributed by atoms with Crippen molar-refractivity contribution in [2.45, 2.75) is 18.9 Å². The van der Waals surface area contributed by atoms with Crippen LogP contribution >= 0.6 is 0 Å². The Labute approximate surface area is 82.3 Å². The third-order valence-electron chi connectivity index (χ3n) is 1.89. The topological polar surface area (TPSA) is 58.9 Å². The zero-order chi connectivity index (χ0) is 9.97. The quantitative estimate of drug-likeness (QED) is 0.688. The van der Waals surface area contributed by atoms with Gasteiger partial charge in [-0.2, -0.15) is 0 Å². The van der Waals surface area contributed by atoms with Crippen molar-refractivity contribution >= 4 is 7.32 Å². The molecular formula is C9H11BO4. The fourth-order valence-corrected chi connectivity index (χ4v) is 1.10. The zero-order valence-electron chi connectivity index (χ0n) is 7.59. The number of rotatable bonds is 4. The van der Waals surface area contributed by atoms with Crippen LogP contribution in [0.3, 0.4) is 0 Å². The summed E-state index contributed by atoms with van der Waals surface area (Å²) in [5.74, 6) is 1.19. The van der Waals surface area contributed by atoms with Crippen LogP contribution in [-0.4, -0.2) is 23.5 Å². The molecule has 0 unspecified atom stereocenters. The van der Waals surface area contributed by atoms with Gasteiger partial charge in [-0.1, -0.05) is 0 Å². The Balaban J connectivity index is 1.94. The zero-order valence-corrected chi connectivity index (χ0v) is 7.59. The summed E-state index contributed by atoms with van der Waals surface area (Å²) in [6, 6.07) is 6.76. The van der Waals surface area contributed by atoms with Gasteiger partial charge in [-0.3, -0.25) is 0 Å². The van der Waals surface area contributed by atoms with Gasteiger partial charge in [-0.05, 0) is 37.1 Å². The van der Waals surface area contributed by atoms with E-state index in [1.165, 1.54) is 0 Å². The molecule has 1 aliphatic rings. The second-order valence-corrected chi connectivity index (χ2v) is 3.23. The van der Waals surface area contributed by atoms with Crippen molar-refractivity contribution < 1.29 is 19.4 Å². The van der Waals surface area contributed by atoms with Gasteiger partial charge in [0.1, 0.15) is 11.5 Å². The summed E-state index contributed by atoms with van der Waals surface area (Å²) >= 11 is 0. The maximum Gasteiger partial charge on any atom is 0.707 e. The molecule has 0 atom stereocenters. The minimum absolute atomic E-state index is 0.366. The summed E-state index contributed by atoms with van der Waals surface area (Å²) in [6.45, 7) is 0. The van der Waals surface area contributed by atoms with Gasteiger partial charge in [0.15, 0.2) is 0 Å². The molecular weight excluding hydrogens is 183 g/mol. The van der Waals surface area contributed by atoms with Gasteiger partial charge in [0, 0.05) is 0 Å². The Bertz CT molecular complexity index is 271. The fourth-order valence-electron chi connectivity index (χ4n) is 1.10. The molecule has 0 aliphatic heterocycles. The third-order valence-corrected chi connectivity index (χ3v) is 1.89. The standard InChI is InChI=1S/C9H11BO4/c11-10(12)14-9-5-3-8(4-6-9)13-7-1-2-7/h3-7,11-12H,1-2H2. The normalized spacial score (nSPS) is 15.0. The second-order valence-electron chi connectivity index (χ2n) is 3.23. The van der Waals surface area contributed by atoms with Crippen LogP contribution in [0.4, 0.5) is 0 Å². The molecule has 14 heavy (non-hydrogen) atoms. The van der Waals surface area contributed by atoms with Gasteiger partial charge < -0.3 is 19.4 Å². The summed E-state index contributed by atoms with van der Waals surface area (Å²) in [5, 5.41) is 17.1. The van der Waals surface area contributed by atoms with Crippen molar-refractivity contribution in [1.29, 1.82) is 0 Å². The van der Waals surface area contributed by atoms with Gasteiger partial charge in [0.25, 0.3) is 0 Å². The van der Waals surface area contributed by atoms with Crippen molar-refractivity contribution in [3.63, 3.8) is 0 Å². The predicted octanol–water partition coefficient (Wildman–Crippen LogP) is 0.576. The van der Waals surface area contributed by atoms with E-state index in [1.807, 2.05) is 0 Å². The van der Waals surface area contributed by atoms with E-state index in [0.717, 1.165) is 18.6 Å². The molecule has 0 saturated heterocycles. The molecule has 74 valence electrons. The average molecular weight is 194 g/mol. The Kier molecular flexibility index (Phi) is 2.61. The Morgan fingerprint density at radius 2 is 1.64 bits per heavy atom. The minimum Gasteiger partial charge on any atom is -0.512 e. The highest BCUT2D eigenvalue weighted by molar-refractivity contribution is 6.33. The Morgan fingerprint density at radius 1 is 1.07 bits per heavy atom. The summed E-state index contributed by atoms with van der Waals surface area (Å²) in [7, 11) is -1.77. The minimum atomic E-state index is -1.77. The SMILES string of the molecule is OB(O)Oc1ccc(OC2CC2)cc1. The molecule has 0 aromatic heterocycles. The first-order valence-electron chi connectivity index (χ1n) is 4.53. The number of hydrogen-bond acceptors (Lipinski definition) is 4. The van der Waals surface area contributed by atoms with Gasteiger partial charge in [-0.25, -0.2) is 0 Å².